The summed E-state index contributed by atoms with van der Waals surface area (Å²) in [5, 5.41) is 2.98. The zero-order valence-electron chi connectivity index (χ0n) is 22.1. The molecule has 0 aliphatic carbocycles. The van der Waals surface area contributed by atoms with Crippen molar-refractivity contribution in [3.05, 3.63) is 75.3 Å². The minimum absolute atomic E-state index is 0.0433. The van der Waals surface area contributed by atoms with Crippen LogP contribution in [0, 0.1) is 11.6 Å². The predicted octanol–water partition coefficient (Wildman–Crippen LogP) is 3.91. The first kappa shape index (κ1) is 29.3. The van der Waals surface area contributed by atoms with Crippen molar-refractivity contribution in [1.82, 2.24) is 20.1 Å². The molecule has 4 rings (SSSR count). The Morgan fingerprint density at radius 1 is 1.25 bits per heavy atom. The number of aromatic nitrogens is 1. The molecule has 2 atom stereocenters. The lowest BCUT2D eigenvalue weighted by Crippen LogP contribution is -2.47. The van der Waals surface area contributed by atoms with Gasteiger partial charge < -0.3 is 19.4 Å². The topological polar surface area (TPSA) is 90.8 Å². The van der Waals surface area contributed by atoms with Gasteiger partial charge in [-0.25, -0.2) is 13.6 Å². The predicted molar refractivity (Wildman–Crippen MR) is 137 cm³/mol. The van der Waals surface area contributed by atoms with Crippen LogP contribution in [0.4, 0.5) is 22.0 Å². The van der Waals surface area contributed by atoms with Crippen LogP contribution < -0.4 is 15.8 Å². The summed E-state index contributed by atoms with van der Waals surface area (Å²) in [6, 6.07) is 2.56. The molecule has 216 valence electrons. The van der Waals surface area contributed by atoms with Crippen molar-refractivity contribution in [2.75, 3.05) is 40.3 Å². The summed E-state index contributed by atoms with van der Waals surface area (Å²) in [7, 11) is 3.25. The number of aromatic amines is 1. The van der Waals surface area contributed by atoms with E-state index < -0.39 is 47.8 Å². The first-order chi connectivity index (χ1) is 18.9. The molecular formula is C27H29F5N4O4. The number of hydrogen-bond donors (Lipinski definition) is 2. The molecule has 1 aliphatic rings. The molecule has 2 N–H and O–H groups in total. The van der Waals surface area contributed by atoms with Crippen LogP contribution in [-0.4, -0.2) is 73.2 Å². The van der Waals surface area contributed by atoms with Crippen molar-refractivity contribution in [3.8, 4) is 5.75 Å². The Balaban J connectivity index is 1.58. The Bertz CT molecular complexity index is 1440. The summed E-state index contributed by atoms with van der Waals surface area (Å²) in [4.78, 5) is 28.2. The molecule has 8 nitrogen and oxygen atoms in total. The van der Waals surface area contributed by atoms with Crippen LogP contribution in [0.3, 0.4) is 0 Å². The van der Waals surface area contributed by atoms with Crippen molar-refractivity contribution in [2.45, 2.75) is 31.6 Å². The van der Waals surface area contributed by atoms with Gasteiger partial charge in [0.1, 0.15) is 24.0 Å². The van der Waals surface area contributed by atoms with Crippen molar-refractivity contribution < 1.29 is 35.9 Å². The quantitative estimate of drug-likeness (QED) is 0.231. The van der Waals surface area contributed by atoms with Crippen LogP contribution in [0.1, 0.15) is 29.7 Å². The molecule has 0 bridgehead atoms. The maximum Gasteiger partial charge on any atom is 0.417 e. The van der Waals surface area contributed by atoms with E-state index in [1.807, 2.05) is 0 Å². The molecule has 0 radical (unpaired) electrons. The van der Waals surface area contributed by atoms with Gasteiger partial charge in [0, 0.05) is 62.6 Å². The zero-order valence-corrected chi connectivity index (χ0v) is 22.1. The molecule has 2 heterocycles. The van der Waals surface area contributed by atoms with Crippen LogP contribution in [0.5, 0.6) is 5.75 Å². The normalized spacial score (nSPS) is 17.9. The highest BCUT2D eigenvalue weighted by molar-refractivity contribution is 5.87. The minimum atomic E-state index is -4.63. The Hall–Kier alpha value is -3.71. The molecule has 0 spiro atoms. The minimum Gasteiger partial charge on any atom is -0.492 e. The smallest absolute Gasteiger partial charge is 0.417 e. The Kier molecular flexibility index (Phi) is 8.64. The number of carbonyl (C=O) groups is 1. The Morgan fingerprint density at radius 3 is 2.60 bits per heavy atom. The van der Waals surface area contributed by atoms with Crippen molar-refractivity contribution >= 4 is 17.0 Å². The van der Waals surface area contributed by atoms with E-state index in [0.717, 1.165) is 17.0 Å². The van der Waals surface area contributed by atoms with E-state index in [2.05, 4.69) is 10.3 Å². The van der Waals surface area contributed by atoms with Crippen molar-refractivity contribution in [2.24, 2.45) is 0 Å². The largest absolute Gasteiger partial charge is 0.492 e. The molecule has 1 amide bonds. The van der Waals surface area contributed by atoms with E-state index in [9.17, 15) is 22.8 Å². The highest BCUT2D eigenvalue weighted by atomic mass is 19.4. The molecule has 3 aromatic rings. The van der Waals surface area contributed by atoms with E-state index in [1.54, 1.807) is 20.2 Å². The molecule has 1 aromatic heterocycles. The maximum absolute atomic E-state index is 15.5. The maximum atomic E-state index is 15.5. The van der Waals surface area contributed by atoms with Gasteiger partial charge in [-0.2, -0.15) is 13.2 Å². The summed E-state index contributed by atoms with van der Waals surface area (Å²) < 4.78 is 82.4. The third-order valence-corrected chi connectivity index (χ3v) is 6.62. The lowest BCUT2D eigenvalue weighted by molar-refractivity contribution is -0.155. The number of nitrogens with zero attached hydrogens (tertiary/aromatic N) is 2. The van der Waals surface area contributed by atoms with Gasteiger partial charge in [-0.3, -0.25) is 14.7 Å². The van der Waals surface area contributed by atoms with E-state index in [0.29, 0.717) is 24.2 Å². The molecule has 0 saturated carbocycles. The zero-order chi connectivity index (χ0) is 29.2. The number of carbonyl (C=O) groups excluding carboxylic acids is 1. The fourth-order valence-corrected chi connectivity index (χ4v) is 4.82. The van der Waals surface area contributed by atoms with E-state index in [1.165, 1.54) is 30.0 Å². The second-order valence-electron chi connectivity index (χ2n) is 9.76. The number of rotatable bonds is 9. The number of halogens is 5. The first-order valence-electron chi connectivity index (χ1n) is 12.5. The van der Waals surface area contributed by atoms with Gasteiger partial charge in [-0.1, -0.05) is 12.1 Å². The average molecular weight is 569 g/mol. The molecule has 2 aromatic carbocycles. The molecule has 13 heteroatoms. The second-order valence-corrected chi connectivity index (χ2v) is 9.76. The van der Waals surface area contributed by atoms with Crippen LogP contribution in [0.15, 0.2) is 45.6 Å². The molecule has 1 aliphatic heterocycles. The van der Waals surface area contributed by atoms with Gasteiger partial charge in [0.05, 0.1) is 18.1 Å². The van der Waals surface area contributed by atoms with Crippen LogP contribution >= 0.6 is 0 Å². The number of fused-ring (bicyclic) bond motifs is 3. The number of alkyl halides is 3. The van der Waals surface area contributed by atoms with Gasteiger partial charge in [0.15, 0.2) is 5.58 Å². The second kappa shape index (κ2) is 11.8. The Labute approximate surface area is 226 Å². The van der Waals surface area contributed by atoms with E-state index in [-0.39, 0.29) is 35.8 Å². The number of H-pyrrole nitrogens is 1. The number of benzene rings is 2. The SMILES string of the molecule is C[C@@H]1Cc2c(ccc3[nH]c(=O)oc23)C(c2c(F)cc(OCCNC/C=C/C(=O)N(C)C)cc2F)N1CC(F)(F)F. The summed E-state index contributed by atoms with van der Waals surface area (Å²) in [5.41, 5.74) is 0.570. The van der Waals surface area contributed by atoms with E-state index in [4.69, 9.17) is 9.15 Å². The number of ether oxygens (including phenoxy) is 1. The van der Waals surface area contributed by atoms with Crippen LogP contribution in [0.2, 0.25) is 0 Å². The van der Waals surface area contributed by atoms with Crippen molar-refractivity contribution in [3.63, 3.8) is 0 Å². The first-order valence-corrected chi connectivity index (χ1v) is 12.5. The molecule has 1 unspecified atom stereocenters. The number of oxazole rings is 1. The number of amides is 1. The number of nitrogens with one attached hydrogen (secondary N) is 2. The molecule has 0 saturated heterocycles. The lowest BCUT2D eigenvalue weighted by atomic mass is 9.84. The van der Waals surface area contributed by atoms with Gasteiger partial charge >= 0.3 is 11.9 Å². The van der Waals surface area contributed by atoms with Crippen LogP contribution in [-0.2, 0) is 11.2 Å². The van der Waals surface area contributed by atoms with Gasteiger partial charge in [-0.05, 0) is 25.0 Å². The number of hydrogen-bond acceptors (Lipinski definition) is 6. The Morgan fingerprint density at radius 2 is 1.95 bits per heavy atom. The fraction of sp³-hybridized carbons (Fsp3) is 0.407. The third kappa shape index (κ3) is 6.53. The summed E-state index contributed by atoms with van der Waals surface area (Å²) >= 11 is 0. The van der Waals surface area contributed by atoms with Gasteiger partial charge in [0.25, 0.3) is 0 Å². The molecular weight excluding hydrogens is 539 g/mol. The molecule has 40 heavy (non-hydrogen) atoms. The lowest BCUT2D eigenvalue weighted by Gasteiger charge is -2.42. The third-order valence-electron chi connectivity index (χ3n) is 6.62. The summed E-state index contributed by atoms with van der Waals surface area (Å²) in [6.07, 6.45) is -1.53. The fourth-order valence-electron chi connectivity index (χ4n) is 4.82. The highest BCUT2D eigenvalue weighted by Crippen LogP contribution is 2.43. The number of likely N-dealkylation sites (N-methyl/N-ethyl adjacent to an activating group) is 1. The standard InChI is InChI=1S/C27H29F5N4O4/c1-15-11-18-17(6-7-21-25(18)40-26(38)34-21)24(36(15)14-27(30,31)32)23-19(28)12-16(13-20(23)29)39-10-9-33-8-4-5-22(37)35(2)3/h4-7,12-13,15,24,33H,8-11,14H2,1-3H3,(H,34,38)/b5-4+/t15-,24?/m1/s1. The molecule has 0 fully saturated rings. The van der Waals surface area contributed by atoms with Gasteiger partial charge in [-0.15, -0.1) is 0 Å². The van der Waals surface area contributed by atoms with Crippen molar-refractivity contribution in [1.29, 1.82) is 0 Å². The summed E-state index contributed by atoms with van der Waals surface area (Å²) in [5.74, 6) is -3.18. The average Bonchev–Trinajstić information content (AvgIpc) is 3.24. The highest BCUT2D eigenvalue weighted by Gasteiger charge is 2.43. The summed E-state index contributed by atoms with van der Waals surface area (Å²) in [6.45, 7) is 0.841. The van der Waals surface area contributed by atoms with Gasteiger partial charge in [0.2, 0.25) is 5.91 Å². The van der Waals surface area contributed by atoms with Crippen LogP contribution in [0.25, 0.3) is 11.1 Å². The monoisotopic (exact) mass is 568 g/mol. The van der Waals surface area contributed by atoms with E-state index >= 15 is 8.78 Å².